The Morgan fingerprint density at radius 1 is 1.00 bits per heavy atom. The maximum atomic E-state index is 12.4. The van der Waals surface area contributed by atoms with E-state index in [4.69, 9.17) is 0 Å². The molecule has 1 aliphatic heterocycles. The van der Waals surface area contributed by atoms with Gasteiger partial charge in [-0.2, -0.15) is 0 Å². The summed E-state index contributed by atoms with van der Waals surface area (Å²) in [5.74, 6) is -0.206. The first-order chi connectivity index (χ1) is 13.4. The van der Waals surface area contributed by atoms with Gasteiger partial charge in [-0.15, -0.1) is 0 Å². The van der Waals surface area contributed by atoms with Gasteiger partial charge in [-0.25, -0.2) is 8.42 Å². The van der Waals surface area contributed by atoms with Gasteiger partial charge in [0.2, 0.25) is 15.9 Å². The van der Waals surface area contributed by atoms with E-state index in [1.165, 1.54) is 25.3 Å². The van der Waals surface area contributed by atoms with E-state index in [-0.39, 0.29) is 5.91 Å². The summed E-state index contributed by atoms with van der Waals surface area (Å²) >= 11 is 0. The summed E-state index contributed by atoms with van der Waals surface area (Å²) in [7, 11) is -3.30. The zero-order valence-electron chi connectivity index (χ0n) is 15.9. The van der Waals surface area contributed by atoms with Crippen LogP contribution in [0.2, 0.25) is 0 Å². The third kappa shape index (κ3) is 5.85. The van der Waals surface area contributed by atoms with Crippen LogP contribution in [0.25, 0.3) is 6.08 Å². The van der Waals surface area contributed by atoms with Crippen LogP contribution < -0.4 is 14.9 Å². The van der Waals surface area contributed by atoms with Gasteiger partial charge >= 0.3 is 0 Å². The molecule has 0 aromatic heterocycles. The van der Waals surface area contributed by atoms with Crippen molar-refractivity contribution in [2.75, 3.05) is 34.3 Å². The van der Waals surface area contributed by atoms with E-state index in [1.807, 2.05) is 24.3 Å². The molecular weight excluding hydrogens is 374 g/mol. The summed E-state index contributed by atoms with van der Waals surface area (Å²) in [6.07, 6.45) is 7.88. The average Bonchev–Trinajstić information content (AvgIpc) is 2.67. The molecule has 1 saturated heterocycles. The minimum atomic E-state index is -3.30. The average molecular weight is 400 g/mol. The van der Waals surface area contributed by atoms with Crippen LogP contribution in [-0.2, 0) is 14.8 Å². The SMILES string of the molecule is CS(=O)(=O)Nc1ccc(/C=C/C(=O)Nc2ccccc2N2CCCCC2)cc1. The van der Waals surface area contributed by atoms with Gasteiger partial charge in [0.25, 0.3) is 0 Å². The lowest BCUT2D eigenvalue weighted by Crippen LogP contribution is -2.30. The van der Waals surface area contributed by atoms with E-state index in [1.54, 1.807) is 30.3 Å². The summed E-state index contributed by atoms with van der Waals surface area (Å²) in [4.78, 5) is 14.7. The number of amides is 1. The highest BCUT2D eigenvalue weighted by Crippen LogP contribution is 2.28. The molecular formula is C21H25N3O3S. The van der Waals surface area contributed by atoms with Crippen molar-refractivity contribution in [2.45, 2.75) is 19.3 Å². The second kappa shape index (κ2) is 8.93. The van der Waals surface area contributed by atoms with E-state index in [2.05, 4.69) is 14.9 Å². The molecule has 1 aliphatic rings. The quantitative estimate of drug-likeness (QED) is 0.726. The number of sulfonamides is 1. The maximum Gasteiger partial charge on any atom is 0.248 e. The molecule has 2 aromatic rings. The molecule has 6 nitrogen and oxygen atoms in total. The predicted molar refractivity (Wildman–Crippen MR) is 115 cm³/mol. The lowest BCUT2D eigenvalue weighted by Gasteiger charge is -2.30. The van der Waals surface area contributed by atoms with Gasteiger partial charge in [0, 0.05) is 24.9 Å². The number of nitrogens with one attached hydrogen (secondary N) is 2. The van der Waals surface area contributed by atoms with Crippen LogP contribution in [0, 0.1) is 0 Å². The molecule has 0 atom stereocenters. The molecule has 2 N–H and O–H groups in total. The van der Waals surface area contributed by atoms with E-state index in [0.29, 0.717) is 5.69 Å². The monoisotopic (exact) mass is 399 g/mol. The first-order valence-electron chi connectivity index (χ1n) is 9.32. The highest BCUT2D eigenvalue weighted by atomic mass is 32.2. The van der Waals surface area contributed by atoms with E-state index >= 15 is 0 Å². The Morgan fingerprint density at radius 2 is 1.68 bits per heavy atom. The molecule has 0 unspecified atom stereocenters. The number of piperidine rings is 1. The Kier molecular flexibility index (Phi) is 6.36. The summed E-state index contributed by atoms with van der Waals surface area (Å²) in [5, 5.41) is 2.96. The third-order valence-corrected chi connectivity index (χ3v) is 5.11. The van der Waals surface area contributed by atoms with Crippen molar-refractivity contribution in [3.63, 3.8) is 0 Å². The maximum absolute atomic E-state index is 12.4. The number of hydrogen-bond acceptors (Lipinski definition) is 4. The van der Waals surface area contributed by atoms with Crippen molar-refractivity contribution in [1.82, 2.24) is 0 Å². The normalized spacial score (nSPS) is 14.8. The van der Waals surface area contributed by atoms with Crippen molar-refractivity contribution in [3.8, 4) is 0 Å². The second-order valence-electron chi connectivity index (χ2n) is 6.88. The van der Waals surface area contributed by atoms with Crippen molar-refractivity contribution >= 4 is 39.1 Å². The molecule has 0 saturated carbocycles. The summed E-state index contributed by atoms with van der Waals surface area (Å²) < 4.78 is 24.9. The van der Waals surface area contributed by atoms with Crippen LogP contribution in [0.15, 0.2) is 54.6 Å². The minimum Gasteiger partial charge on any atom is -0.370 e. The van der Waals surface area contributed by atoms with Gasteiger partial charge < -0.3 is 10.2 Å². The van der Waals surface area contributed by atoms with Crippen molar-refractivity contribution in [1.29, 1.82) is 0 Å². The first kappa shape index (κ1) is 19.9. The van der Waals surface area contributed by atoms with Crippen LogP contribution in [0.5, 0.6) is 0 Å². The Balaban J connectivity index is 1.64. The smallest absolute Gasteiger partial charge is 0.248 e. The predicted octanol–water partition coefficient (Wildman–Crippen LogP) is 3.70. The van der Waals surface area contributed by atoms with E-state index in [0.717, 1.165) is 36.3 Å². The zero-order valence-corrected chi connectivity index (χ0v) is 16.7. The molecule has 0 aliphatic carbocycles. The molecule has 2 aromatic carbocycles. The molecule has 0 bridgehead atoms. The molecule has 0 radical (unpaired) electrons. The van der Waals surface area contributed by atoms with Gasteiger partial charge in [-0.3, -0.25) is 9.52 Å². The lowest BCUT2D eigenvalue weighted by atomic mass is 10.1. The number of carbonyl (C=O) groups is 1. The minimum absolute atomic E-state index is 0.206. The molecule has 3 rings (SSSR count). The number of rotatable bonds is 6. The van der Waals surface area contributed by atoms with Crippen molar-refractivity contribution in [2.24, 2.45) is 0 Å². The van der Waals surface area contributed by atoms with Gasteiger partial charge in [0.05, 0.1) is 17.6 Å². The highest BCUT2D eigenvalue weighted by Gasteiger charge is 2.14. The Morgan fingerprint density at radius 3 is 2.36 bits per heavy atom. The molecule has 148 valence electrons. The Labute approximate surface area is 166 Å². The fraction of sp³-hybridized carbons (Fsp3) is 0.286. The number of hydrogen-bond donors (Lipinski definition) is 2. The van der Waals surface area contributed by atoms with Gasteiger partial charge in [0.1, 0.15) is 0 Å². The van der Waals surface area contributed by atoms with Gasteiger partial charge in [0.15, 0.2) is 0 Å². The van der Waals surface area contributed by atoms with Gasteiger partial charge in [-0.05, 0) is 55.2 Å². The van der Waals surface area contributed by atoms with Crippen LogP contribution >= 0.6 is 0 Å². The van der Waals surface area contributed by atoms with Gasteiger partial charge in [-0.1, -0.05) is 24.3 Å². The highest BCUT2D eigenvalue weighted by molar-refractivity contribution is 7.92. The van der Waals surface area contributed by atoms with Crippen LogP contribution in [0.1, 0.15) is 24.8 Å². The summed E-state index contributed by atoms with van der Waals surface area (Å²) in [6, 6.07) is 14.7. The van der Waals surface area contributed by atoms with Crippen molar-refractivity contribution < 1.29 is 13.2 Å². The lowest BCUT2D eigenvalue weighted by molar-refractivity contribution is -0.111. The zero-order chi connectivity index (χ0) is 20.0. The number of nitrogens with zero attached hydrogens (tertiary/aromatic N) is 1. The number of para-hydroxylation sites is 2. The second-order valence-corrected chi connectivity index (χ2v) is 8.63. The van der Waals surface area contributed by atoms with Crippen LogP contribution in [0.4, 0.5) is 17.1 Å². The number of anilines is 3. The molecule has 1 amide bonds. The standard InChI is InChI=1S/C21H25N3O3S/c1-28(26,27)23-18-12-9-17(10-13-18)11-14-21(25)22-19-7-3-4-8-20(19)24-15-5-2-6-16-24/h3-4,7-14,23H,2,5-6,15-16H2,1H3,(H,22,25)/b14-11+. The molecule has 7 heteroatoms. The third-order valence-electron chi connectivity index (χ3n) is 4.50. The fourth-order valence-corrected chi connectivity index (χ4v) is 3.78. The van der Waals surface area contributed by atoms with Crippen molar-refractivity contribution in [3.05, 3.63) is 60.2 Å². The van der Waals surface area contributed by atoms with Crippen LogP contribution in [0.3, 0.4) is 0 Å². The van der Waals surface area contributed by atoms with E-state index in [9.17, 15) is 13.2 Å². The topological polar surface area (TPSA) is 78.5 Å². The Bertz CT molecular complexity index is 947. The molecule has 1 heterocycles. The largest absolute Gasteiger partial charge is 0.370 e. The fourth-order valence-electron chi connectivity index (χ4n) is 3.21. The molecule has 0 spiro atoms. The van der Waals surface area contributed by atoms with E-state index < -0.39 is 10.0 Å². The molecule has 28 heavy (non-hydrogen) atoms. The van der Waals surface area contributed by atoms with Crippen LogP contribution in [-0.4, -0.2) is 33.7 Å². The first-order valence-corrected chi connectivity index (χ1v) is 11.2. The Hall–Kier alpha value is -2.80. The summed E-state index contributed by atoms with van der Waals surface area (Å²) in [6.45, 7) is 2.02. The summed E-state index contributed by atoms with van der Waals surface area (Å²) in [5.41, 5.74) is 3.16. The number of benzene rings is 2. The number of carbonyl (C=O) groups excluding carboxylic acids is 1. The molecule has 1 fully saturated rings.